The number of hydrogen-bond acceptors (Lipinski definition) is 5. The lowest BCUT2D eigenvalue weighted by Crippen LogP contribution is -2.37. The van der Waals surface area contributed by atoms with Gasteiger partial charge in [-0.25, -0.2) is 9.29 Å². The van der Waals surface area contributed by atoms with Crippen LogP contribution in [-0.2, 0) is 16.6 Å². The van der Waals surface area contributed by atoms with Crippen molar-refractivity contribution in [2.75, 3.05) is 10.8 Å². The van der Waals surface area contributed by atoms with Gasteiger partial charge in [0, 0.05) is 25.5 Å². The van der Waals surface area contributed by atoms with Crippen LogP contribution >= 0.6 is 0 Å². The summed E-state index contributed by atoms with van der Waals surface area (Å²) in [5.41, 5.74) is 0. The van der Waals surface area contributed by atoms with Crippen LogP contribution < -0.4 is 4.31 Å². The van der Waals surface area contributed by atoms with Gasteiger partial charge < -0.3 is 0 Å². The fourth-order valence-corrected chi connectivity index (χ4v) is 4.88. The van der Waals surface area contributed by atoms with E-state index in [-0.39, 0.29) is 5.03 Å². The molecule has 0 N–H and O–H groups in total. The second-order valence-electron chi connectivity index (χ2n) is 6.09. The molecule has 1 aliphatic carbocycles. The number of anilines is 1. The first-order chi connectivity index (χ1) is 11.6. The number of aryl methyl sites for hydroxylation is 1. The van der Waals surface area contributed by atoms with Crippen molar-refractivity contribution in [1.82, 2.24) is 19.7 Å². The molecule has 1 fully saturated rings. The predicted molar refractivity (Wildman–Crippen MR) is 91.0 cm³/mol. The lowest BCUT2D eigenvalue weighted by Gasteiger charge is -2.29. The summed E-state index contributed by atoms with van der Waals surface area (Å²) >= 11 is 0. The summed E-state index contributed by atoms with van der Waals surface area (Å²) in [5.74, 6) is 0.723. The molecule has 0 bridgehead atoms. The molecule has 0 saturated heterocycles. The Morgan fingerprint density at radius 2 is 2.00 bits per heavy atom. The summed E-state index contributed by atoms with van der Waals surface area (Å²) in [6.45, 7) is 2.81. The lowest BCUT2D eigenvalue weighted by molar-refractivity contribution is 0.365. The lowest BCUT2D eigenvalue weighted by atomic mass is 9.89. The van der Waals surface area contributed by atoms with Gasteiger partial charge in [-0.15, -0.1) is 0 Å². The monoisotopic (exact) mass is 349 g/mol. The van der Waals surface area contributed by atoms with Crippen LogP contribution in [0.25, 0.3) is 0 Å². The average molecular weight is 349 g/mol. The fraction of sp³-hybridized carbons (Fsp3) is 0.562. The Balaban J connectivity index is 1.97. The van der Waals surface area contributed by atoms with Gasteiger partial charge >= 0.3 is 0 Å². The highest BCUT2D eigenvalue weighted by Crippen LogP contribution is 2.29. The summed E-state index contributed by atoms with van der Waals surface area (Å²) in [7, 11) is -3.72. The van der Waals surface area contributed by atoms with E-state index in [2.05, 4.69) is 15.1 Å². The van der Waals surface area contributed by atoms with Gasteiger partial charge in [0.25, 0.3) is 10.0 Å². The minimum atomic E-state index is -3.72. The van der Waals surface area contributed by atoms with Gasteiger partial charge in [0.1, 0.15) is 0 Å². The van der Waals surface area contributed by atoms with Crippen molar-refractivity contribution in [2.24, 2.45) is 5.92 Å². The molecular weight excluding hydrogens is 326 g/mol. The number of sulfonamides is 1. The summed E-state index contributed by atoms with van der Waals surface area (Å²) in [6.07, 6.45) is 11.8. The minimum Gasteiger partial charge on any atom is -0.259 e. The third-order valence-corrected chi connectivity index (χ3v) is 6.28. The molecule has 0 aliphatic heterocycles. The van der Waals surface area contributed by atoms with Gasteiger partial charge in [-0.1, -0.05) is 19.3 Å². The van der Waals surface area contributed by atoms with E-state index in [0.29, 0.717) is 24.8 Å². The van der Waals surface area contributed by atoms with Crippen LogP contribution in [0.15, 0.2) is 35.9 Å². The molecule has 0 atom stereocenters. The smallest absolute Gasteiger partial charge is 0.259 e. The number of aromatic nitrogens is 4. The van der Waals surface area contributed by atoms with Gasteiger partial charge in [0.05, 0.1) is 12.4 Å². The molecule has 2 aromatic rings. The van der Waals surface area contributed by atoms with Gasteiger partial charge in [-0.05, 0) is 31.7 Å². The average Bonchev–Trinajstić information content (AvgIpc) is 3.11. The molecule has 1 aliphatic rings. The molecule has 0 unspecified atom stereocenters. The van der Waals surface area contributed by atoms with Crippen LogP contribution in [0.4, 0.5) is 5.82 Å². The molecular formula is C16H23N5O2S. The zero-order valence-electron chi connectivity index (χ0n) is 13.9. The normalized spacial score (nSPS) is 16.2. The molecule has 7 nitrogen and oxygen atoms in total. The van der Waals surface area contributed by atoms with Crippen molar-refractivity contribution in [1.29, 1.82) is 0 Å². The van der Waals surface area contributed by atoms with E-state index in [1.165, 1.54) is 34.0 Å². The van der Waals surface area contributed by atoms with Crippen LogP contribution in [-0.4, -0.2) is 34.7 Å². The van der Waals surface area contributed by atoms with Gasteiger partial charge in [-0.2, -0.15) is 13.5 Å². The van der Waals surface area contributed by atoms with Gasteiger partial charge in [-0.3, -0.25) is 9.67 Å². The first-order valence-electron chi connectivity index (χ1n) is 8.43. The maximum Gasteiger partial charge on any atom is 0.282 e. The molecule has 24 heavy (non-hydrogen) atoms. The third-order valence-electron chi connectivity index (χ3n) is 4.49. The van der Waals surface area contributed by atoms with Gasteiger partial charge in [0.15, 0.2) is 10.8 Å². The Morgan fingerprint density at radius 1 is 1.21 bits per heavy atom. The van der Waals surface area contributed by atoms with Crippen LogP contribution in [0.3, 0.4) is 0 Å². The van der Waals surface area contributed by atoms with Crippen molar-refractivity contribution in [3.8, 4) is 0 Å². The van der Waals surface area contributed by atoms with Gasteiger partial charge in [0.2, 0.25) is 0 Å². The summed E-state index contributed by atoms with van der Waals surface area (Å²) in [5, 5.41) is 4.30. The summed E-state index contributed by atoms with van der Waals surface area (Å²) < 4.78 is 29.4. The molecule has 0 radical (unpaired) electrons. The molecule has 8 heteroatoms. The Kier molecular flexibility index (Phi) is 5.13. The Labute approximate surface area is 142 Å². The largest absolute Gasteiger partial charge is 0.282 e. The van der Waals surface area contributed by atoms with Crippen LogP contribution in [0.2, 0.25) is 0 Å². The molecule has 130 valence electrons. The second-order valence-corrected chi connectivity index (χ2v) is 7.90. The maximum absolute atomic E-state index is 13.2. The highest BCUT2D eigenvalue weighted by Gasteiger charge is 2.31. The first kappa shape index (κ1) is 16.9. The highest BCUT2D eigenvalue weighted by atomic mass is 32.2. The number of rotatable bonds is 6. The molecule has 2 heterocycles. The van der Waals surface area contributed by atoms with Crippen molar-refractivity contribution in [2.45, 2.75) is 50.6 Å². The summed E-state index contributed by atoms with van der Waals surface area (Å²) in [4.78, 5) is 8.28. The van der Waals surface area contributed by atoms with Crippen molar-refractivity contribution < 1.29 is 8.42 Å². The number of hydrogen-bond donors (Lipinski definition) is 0. The zero-order chi connectivity index (χ0) is 17.0. The third kappa shape index (κ3) is 3.43. The Hall–Kier alpha value is -1.96. The maximum atomic E-state index is 13.2. The highest BCUT2D eigenvalue weighted by molar-refractivity contribution is 7.92. The van der Waals surface area contributed by atoms with E-state index < -0.39 is 10.0 Å². The molecule has 0 amide bonds. The zero-order valence-corrected chi connectivity index (χ0v) is 14.7. The standard InChI is InChI=1S/C16H23N5O2S/c1-2-20-16(8-9-19-20)24(22,23)21(15-12-17-10-11-18-15)13-14-6-4-3-5-7-14/h8-12,14H,2-7,13H2,1H3. The van der Waals surface area contributed by atoms with Crippen LogP contribution in [0, 0.1) is 5.92 Å². The number of nitrogens with zero attached hydrogens (tertiary/aromatic N) is 5. The van der Waals surface area contributed by atoms with Crippen molar-refractivity contribution in [3.05, 3.63) is 30.9 Å². The van der Waals surface area contributed by atoms with Crippen molar-refractivity contribution >= 4 is 15.8 Å². The van der Waals surface area contributed by atoms with Crippen LogP contribution in [0.1, 0.15) is 39.0 Å². The van der Waals surface area contributed by atoms with E-state index in [1.807, 2.05) is 6.92 Å². The molecule has 2 aromatic heterocycles. The summed E-state index contributed by atoms with van der Waals surface area (Å²) in [6, 6.07) is 1.54. The first-order valence-corrected chi connectivity index (χ1v) is 9.87. The van der Waals surface area contributed by atoms with E-state index >= 15 is 0 Å². The topological polar surface area (TPSA) is 81.0 Å². The molecule has 0 aromatic carbocycles. The van der Waals surface area contributed by atoms with E-state index in [0.717, 1.165) is 25.7 Å². The van der Waals surface area contributed by atoms with E-state index in [9.17, 15) is 8.42 Å². The van der Waals surface area contributed by atoms with Crippen LogP contribution in [0.5, 0.6) is 0 Å². The van der Waals surface area contributed by atoms with E-state index in [4.69, 9.17) is 0 Å². The minimum absolute atomic E-state index is 0.200. The quantitative estimate of drug-likeness (QED) is 0.800. The van der Waals surface area contributed by atoms with E-state index in [1.54, 1.807) is 12.3 Å². The fourth-order valence-electron chi connectivity index (χ4n) is 3.23. The molecule has 1 saturated carbocycles. The molecule has 0 spiro atoms. The van der Waals surface area contributed by atoms with Crippen molar-refractivity contribution in [3.63, 3.8) is 0 Å². The second kappa shape index (κ2) is 7.29. The Morgan fingerprint density at radius 3 is 2.67 bits per heavy atom. The predicted octanol–water partition coefficient (Wildman–Crippen LogP) is 2.47. The SMILES string of the molecule is CCn1nccc1S(=O)(=O)N(CC1CCCCC1)c1cnccn1. The molecule has 3 rings (SSSR count). The Bertz CT molecular complexity index is 754.